The Labute approximate surface area is 150 Å². The van der Waals surface area contributed by atoms with Crippen molar-refractivity contribution in [1.29, 1.82) is 0 Å². The molecule has 1 aromatic heterocycles. The average Bonchev–Trinajstić information content (AvgIpc) is 3.18. The summed E-state index contributed by atoms with van der Waals surface area (Å²) >= 11 is 0. The van der Waals surface area contributed by atoms with Crippen LogP contribution < -0.4 is 0 Å². The number of aryl methyl sites for hydroxylation is 2. The molecule has 0 N–H and O–H groups in total. The molecule has 0 aliphatic carbocycles. The van der Waals surface area contributed by atoms with Gasteiger partial charge < -0.3 is 4.74 Å². The predicted octanol–water partition coefficient (Wildman–Crippen LogP) is 2.71. The number of ketones is 1. The number of rotatable bonds is 5. The summed E-state index contributed by atoms with van der Waals surface area (Å²) in [6.07, 6.45) is 0.474. The lowest BCUT2D eigenvalue weighted by Gasteiger charge is -2.14. The van der Waals surface area contributed by atoms with Crippen molar-refractivity contribution in [3.05, 3.63) is 71.0 Å². The number of benzene rings is 2. The van der Waals surface area contributed by atoms with Crippen LogP contribution >= 0.6 is 0 Å². The van der Waals surface area contributed by atoms with E-state index in [1.165, 1.54) is 11.0 Å². The molecule has 3 aromatic rings. The first-order valence-corrected chi connectivity index (χ1v) is 8.12. The number of carbonyl (C=O) groups excluding carboxylic acids is 2. The Morgan fingerprint density at radius 3 is 2.54 bits per heavy atom. The van der Waals surface area contributed by atoms with Crippen LogP contribution in [0.25, 0.3) is 5.69 Å². The Kier molecular flexibility index (Phi) is 4.88. The zero-order chi connectivity index (χ0) is 18.7. The summed E-state index contributed by atoms with van der Waals surface area (Å²) in [7, 11) is 0. The maximum atomic E-state index is 12.6. The lowest BCUT2D eigenvalue weighted by atomic mass is 10.0. The minimum absolute atomic E-state index is 0.249. The van der Waals surface area contributed by atoms with Gasteiger partial charge in [0.05, 0.1) is 11.3 Å². The van der Waals surface area contributed by atoms with Gasteiger partial charge in [0.2, 0.25) is 5.78 Å². The molecule has 1 heterocycles. The molecule has 1 atom stereocenters. The van der Waals surface area contributed by atoms with E-state index in [2.05, 4.69) is 15.5 Å². The van der Waals surface area contributed by atoms with Gasteiger partial charge in [-0.1, -0.05) is 24.3 Å². The molecule has 0 spiro atoms. The maximum Gasteiger partial charge on any atom is 0.341 e. The van der Waals surface area contributed by atoms with Gasteiger partial charge in [-0.25, -0.2) is 4.79 Å². The standard InChI is InChI=1S/C19H18N4O3/c1-12-8-9-15(10-13(12)2)18(24)14(3)26-19(25)16-6-4-5-7-17(16)23-11-20-21-22-23/h4-11,14H,1-3H3/t14-/m1/s1. The van der Waals surface area contributed by atoms with Crippen molar-refractivity contribution in [3.63, 3.8) is 0 Å². The molecule has 0 aliphatic heterocycles. The van der Waals surface area contributed by atoms with Gasteiger partial charge in [0, 0.05) is 5.56 Å². The largest absolute Gasteiger partial charge is 0.451 e. The summed E-state index contributed by atoms with van der Waals surface area (Å²) in [5.41, 5.74) is 3.38. The van der Waals surface area contributed by atoms with Gasteiger partial charge in [0.1, 0.15) is 6.33 Å². The summed E-state index contributed by atoms with van der Waals surface area (Å²) < 4.78 is 6.76. The Bertz CT molecular complexity index is 951. The van der Waals surface area contributed by atoms with E-state index in [-0.39, 0.29) is 11.3 Å². The van der Waals surface area contributed by atoms with E-state index in [1.807, 2.05) is 19.9 Å². The molecule has 0 saturated heterocycles. The van der Waals surface area contributed by atoms with Crippen LogP contribution in [0.3, 0.4) is 0 Å². The summed E-state index contributed by atoms with van der Waals surface area (Å²) in [6.45, 7) is 5.48. The quantitative estimate of drug-likeness (QED) is 0.519. The smallest absolute Gasteiger partial charge is 0.341 e. The highest BCUT2D eigenvalue weighted by atomic mass is 16.5. The summed E-state index contributed by atoms with van der Waals surface area (Å²) in [6, 6.07) is 12.2. The van der Waals surface area contributed by atoms with Crippen molar-refractivity contribution < 1.29 is 14.3 Å². The second-order valence-electron chi connectivity index (χ2n) is 5.98. The molecule has 26 heavy (non-hydrogen) atoms. The van der Waals surface area contributed by atoms with Gasteiger partial charge in [-0.2, -0.15) is 4.68 Å². The molecule has 0 fully saturated rings. The third kappa shape index (κ3) is 3.51. The number of carbonyl (C=O) groups is 2. The molecule has 0 bridgehead atoms. The van der Waals surface area contributed by atoms with E-state index in [0.29, 0.717) is 11.3 Å². The SMILES string of the molecule is Cc1ccc(C(=O)[C@@H](C)OC(=O)c2ccccc2-n2cnnn2)cc1C. The highest BCUT2D eigenvalue weighted by Gasteiger charge is 2.22. The lowest BCUT2D eigenvalue weighted by Crippen LogP contribution is -2.25. The number of nitrogens with zero attached hydrogens (tertiary/aromatic N) is 4. The van der Waals surface area contributed by atoms with Crippen LogP contribution in [0.4, 0.5) is 0 Å². The van der Waals surface area contributed by atoms with Crippen LogP contribution in [0.5, 0.6) is 0 Å². The van der Waals surface area contributed by atoms with Crippen molar-refractivity contribution in [2.24, 2.45) is 0 Å². The molecule has 7 heteroatoms. The van der Waals surface area contributed by atoms with Crippen molar-refractivity contribution in [3.8, 4) is 5.69 Å². The summed E-state index contributed by atoms with van der Waals surface area (Å²) in [5.74, 6) is -0.859. The van der Waals surface area contributed by atoms with Gasteiger partial charge >= 0.3 is 5.97 Å². The molecule has 0 aliphatic rings. The molecule has 0 saturated carbocycles. The Balaban J connectivity index is 1.80. The fraction of sp³-hybridized carbons (Fsp3) is 0.211. The number of tetrazole rings is 1. The number of para-hydroxylation sites is 1. The molecule has 0 amide bonds. The topological polar surface area (TPSA) is 87.0 Å². The van der Waals surface area contributed by atoms with Crippen LogP contribution in [-0.2, 0) is 4.74 Å². The van der Waals surface area contributed by atoms with Gasteiger partial charge in [0.15, 0.2) is 6.10 Å². The highest BCUT2D eigenvalue weighted by Crippen LogP contribution is 2.17. The minimum atomic E-state index is -0.911. The number of hydrogen-bond donors (Lipinski definition) is 0. The van der Waals surface area contributed by atoms with Gasteiger partial charge in [0.25, 0.3) is 0 Å². The minimum Gasteiger partial charge on any atom is -0.451 e. The van der Waals surface area contributed by atoms with Gasteiger partial charge in [-0.3, -0.25) is 4.79 Å². The van der Waals surface area contributed by atoms with Crippen LogP contribution in [-0.4, -0.2) is 38.1 Å². The molecule has 7 nitrogen and oxygen atoms in total. The Hall–Kier alpha value is -3.35. The number of hydrogen-bond acceptors (Lipinski definition) is 6. The third-order valence-electron chi connectivity index (χ3n) is 4.16. The number of esters is 1. The highest BCUT2D eigenvalue weighted by molar-refractivity contribution is 6.02. The van der Waals surface area contributed by atoms with E-state index < -0.39 is 12.1 Å². The normalized spacial score (nSPS) is 11.8. The lowest BCUT2D eigenvalue weighted by molar-refractivity contribution is 0.0318. The fourth-order valence-corrected chi connectivity index (χ4v) is 2.52. The number of Topliss-reactive ketones (excluding diaryl/α,β-unsaturated/α-hetero) is 1. The second-order valence-corrected chi connectivity index (χ2v) is 5.98. The predicted molar refractivity (Wildman–Crippen MR) is 94.3 cm³/mol. The maximum absolute atomic E-state index is 12.6. The first-order chi connectivity index (χ1) is 12.5. The van der Waals surface area contributed by atoms with Gasteiger partial charge in [-0.05, 0) is 60.5 Å². The zero-order valence-corrected chi connectivity index (χ0v) is 14.7. The monoisotopic (exact) mass is 350 g/mol. The summed E-state index contributed by atoms with van der Waals surface area (Å²) in [5, 5.41) is 10.9. The first-order valence-electron chi connectivity index (χ1n) is 8.12. The van der Waals surface area contributed by atoms with Crippen molar-refractivity contribution >= 4 is 11.8 Å². The molecular weight excluding hydrogens is 332 g/mol. The molecule has 0 radical (unpaired) electrons. The van der Waals surface area contributed by atoms with Crippen LogP contribution in [0.1, 0.15) is 38.8 Å². The first kappa shape index (κ1) is 17.5. The molecule has 0 unspecified atom stereocenters. The molecule has 2 aromatic carbocycles. The van der Waals surface area contributed by atoms with E-state index in [0.717, 1.165) is 11.1 Å². The zero-order valence-electron chi connectivity index (χ0n) is 14.7. The molecule has 132 valence electrons. The van der Waals surface area contributed by atoms with Gasteiger partial charge in [-0.15, -0.1) is 5.10 Å². The summed E-state index contributed by atoms with van der Waals surface area (Å²) in [4.78, 5) is 25.1. The Morgan fingerprint density at radius 1 is 1.08 bits per heavy atom. The average molecular weight is 350 g/mol. The van der Waals surface area contributed by atoms with Crippen LogP contribution in [0.15, 0.2) is 48.8 Å². The van der Waals surface area contributed by atoms with Crippen molar-refractivity contribution in [2.75, 3.05) is 0 Å². The Morgan fingerprint density at radius 2 is 1.85 bits per heavy atom. The third-order valence-corrected chi connectivity index (χ3v) is 4.16. The van der Waals surface area contributed by atoms with E-state index in [9.17, 15) is 9.59 Å². The van der Waals surface area contributed by atoms with Crippen LogP contribution in [0, 0.1) is 13.8 Å². The van der Waals surface area contributed by atoms with E-state index >= 15 is 0 Å². The fourth-order valence-electron chi connectivity index (χ4n) is 2.52. The van der Waals surface area contributed by atoms with Crippen molar-refractivity contribution in [2.45, 2.75) is 26.9 Å². The second kappa shape index (κ2) is 7.26. The molecular formula is C19H18N4O3. The van der Waals surface area contributed by atoms with Crippen LogP contribution in [0.2, 0.25) is 0 Å². The van der Waals surface area contributed by atoms with E-state index in [4.69, 9.17) is 4.74 Å². The number of ether oxygens (including phenoxy) is 1. The van der Waals surface area contributed by atoms with E-state index in [1.54, 1.807) is 43.3 Å². The number of aromatic nitrogens is 4. The van der Waals surface area contributed by atoms with Crippen molar-refractivity contribution in [1.82, 2.24) is 20.2 Å². The molecule has 3 rings (SSSR count).